The number of nitrogens with one attached hydrogen (secondary N) is 1. The summed E-state index contributed by atoms with van der Waals surface area (Å²) >= 11 is 0. The first kappa shape index (κ1) is 17.7. The van der Waals surface area contributed by atoms with Crippen molar-refractivity contribution in [1.82, 2.24) is 0 Å². The van der Waals surface area contributed by atoms with Gasteiger partial charge in [-0.25, -0.2) is 0 Å². The van der Waals surface area contributed by atoms with Crippen LogP contribution in [-0.4, -0.2) is 11.0 Å². The summed E-state index contributed by atoms with van der Waals surface area (Å²) in [6.07, 6.45) is -0.529. The van der Waals surface area contributed by atoms with Crippen LogP contribution in [0.25, 0.3) is 0 Å². The lowest BCUT2D eigenvalue weighted by Crippen LogP contribution is -2.12. The highest BCUT2D eigenvalue weighted by Gasteiger charge is 2.08. The zero-order chi connectivity index (χ0) is 18.4. The lowest BCUT2D eigenvalue weighted by molar-refractivity contribution is 0.102. The Morgan fingerprint density at radius 1 is 1.00 bits per heavy atom. The number of carbonyl (C=O) groups excluding carboxylic acids is 1. The van der Waals surface area contributed by atoms with Gasteiger partial charge in [-0.15, -0.1) is 0 Å². The molecule has 0 heterocycles. The molecule has 0 saturated heterocycles. The second kappa shape index (κ2) is 8.32. The average molecular weight is 347 g/mol. The van der Waals surface area contributed by atoms with E-state index < -0.39 is 6.10 Å². The summed E-state index contributed by atoms with van der Waals surface area (Å²) in [5, 5.41) is 12.4. The van der Waals surface area contributed by atoms with E-state index in [-0.39, 0.29) is 5.91 Å². The number of carbonyl (C=O) groups is 1. The normalized spacial score (nSPS) is 11.6. The smallest absolute Gasteiger partial charge is 0.255 e. The number of aliphatic hydroxyl groups excluding tert-OH is 1. The third-order valence-corrected chi connectivity index (χ3v) is 4.00. The zero-order valence-corrected chi connectivity index (χ0v) is 14.6. The number of anilines is 1. The van der Waals surface area contributed by atoms with Gasteiger partial charge in [0.15, 0.2) is 0 Å². The molecule has 0 saturated carbocycles. The van der Waals surface area contributed by atoms with Crippen molar-refractivity contribution in [3.8, 4) is 5.75 Å². The monoisotopic (exact) mass is 347 g/mol. The van der Waals surface area contributed by atoms with E-state index in [2.05, 4.69) is 5.32 Å². The maximum atomic E-state index is 12.4. The first-order valence-electron chi connectivity index (χ1n) is 8.48. The Balaban J connectivity index is 1.64. The van der Waals surface area contributed by atoms with Gasteiger partial charge in [-0.2, -0.15) is 0 Å². The van der Waals surface area contributed by atoms with Gasteiger partial charge >= 0.3 is 0 Å². The van der Waals surface area contributed by atoms with Crippen molar-refractivity contribution < 1.29 is 14.6 Å². The van der Waals surface area contributed by atoms with Gasteiger partial charge in [0.05, 0.1) is 6.10 Å². The Morgan fingerprint density at radius 3 is 2.42 bits per heavy atom. The average Bonchev–Trinajstić information content (AvgIpc) is 2.68. The molecule has 0 aliphatic carbocycles. The van der Waals surface area contributed by atoms with E-state index in [0.29, 0.717) is 23.6 Å². The molecule has 2 N–H and O–H groups in total. The summed E-state index contributed by atoms with van der Waals surface area (Å²) in [6, 6.07) is 24.1. The van der Waals surface area contributed by atoms with E-state index in [0.717, 1.165) is 11.1 Å². The summed E-state index contributed by atoms with van der Waals surface area (Å²) in [5.74, 6) is 0.436. The molecule has 0 aromatic heterocycles. The van der Waals surface area contributed by atoms with Gasteiger partial charge in [0.2, 0.25) is 0 Å². The van der Waals surface area contributed by atoms with Crippen LogP contribution in [0.2, 0.25) is 0 Å². The number of hydrogen-bond acceptors (Lipinski definition) is 3. The van der Waals surface area contributed by atoms with Gasteiger partial charge in [0, 0.05) is 11.3 Å². The van der Waals surface area contributed by atoms with E-state index in [1.807, 2.05) is 36.4 Å². The molecule has 0 aliphatic heterocycles. The number of ether oxygens (including phenoxy) is 1. The second-order valence-corrected chi connectivity index (χ2v) is 6.05. The molecule has 3 aromatic rings. The molecule has 4 nitrogen and oxygen atoms in total. The number of amides is 1. The number of rotatable bonds is 6. The van der Waals surface area contributed by atoms with Crippen molar-refractivity contribution in [3.63, 3.8) is 0 Å². The van der Waals surface area contributed by atoms with Crippen molar-refractivity contribution in [3.05, 3.63) is 95.6 Å². The van der Waals surface area contributed by atoms with Crippen molar-refractivity contribution in [2.24, 2.45) is 0 Å². The first-order chi connectivity index (χ1) is 12.6. The predicted molar refractivity (Wildman–Crippen MR) is 102 cm³/mol. The number of hydrogen-bond donors (Lipinski definition) is 2. The van der Waals surface area contributed by atoms with E-state index >= 15 is 0 Å². The second-order valence-electron chi connectivity index (χ2n) is 6.05. The third kappa shape index (κ3) is 4.71. The standard InChI is InChI=1S/C22H21NO3/c1-16(24)18-10-12-20(13-11-18)23-22(25)19-8-5-9-21(14-19)26-15-17-6-3-2-4-7-17/h2-14,16,24H,15H2,1H3,(H,23,25)/t16-/m0/s1. The van der Waals surface area contributed by atoms with Crippen molar-refractivity contribution in [1.29, 1.82) is 0 Å². The van der Waals surface area contributed by atoms with Crippen LogP contribution in [0.5, 0.6) is 5.75 Å². The molecule has 1 amide bonds. The maximum Gasteiger partial charge on any atom is 0.255 e. The Morgan fingerprint density at radius 2 is 1.73 bits per heavy atom. The largest absolute Gasteiger partial charge is 0.489 e. The Bertz CT molecular complexity index is 858. The maximum absolute atomic E-state index is 12.4. The Labute approximate surface area is 153 Å². The van der Waals surface area contributed by atoms with E-state index in [1.54, 1.807) is 49.4 Å². The van der Waals surface area contributed by atoms with Gasteiger partial charge in [0.25, 0.3) is 5.91 Å². The number of aliphatic hydroxyl groups is 1. The molecule has 0 bridgehead atoms. The Hall–Kier alpha value is -3.11. The lowest BCUT2D eigenvalue weighted by atomic mass is 10.1. The van der Waals surface area contributed by atoms with Crippen LogP contribution < -0.4 is 10.1 Å². The van der Waals surface area contributed by atoms with Crippen LogP contribution in [0.3, 0.4) is 0 Å². The van der Waals surface area contributed by atoms with Gasteiger partial charge in [-0.3, -0.25) is 4.79 Å². The van der Waals surface area contributed by atoms with Gasteiger partial charge in [0.1, 0.15) is 12.4 Å². The fourth-order valence-corrected chi connectivity index (χ4v) is 2.52. The molecule has 3 rings (SSSR count). The molecular formula is C22H21NO3. The number of benzene rings is 3. The molecule has 0 spiro atoms. The summed E-state index contributed by atoms with van der Waals surface area (Å²) in [4.78, 5) is 12.4. The van der Waals surface area contributed by atoms with E-state index in [4.69, 9.17) is 4.74 Å². The summed E-state index contributed by atoms with van der Waals surface area (Å²) in [6.45, 7) is 2.15. The van der Waals surface area contributed by atoms with Crippen LogP contribution in [0, 0.1) is 0 Å². The quantitative estimate of drug-likeness (QED) is 0.687. The summed E-state index contributed by atoms with van der Waals surface area (Å²) in [5.41, 5.74) is 3.07. The minimum atomic E-state index is -0.529. The molecule has 0 aliphatic rings. The van der Waals surface area contributed by atoms with Crippen molar-refractivity contribution in [2.75, 3.05) is 5.32 Å². The molecule has 0 radical (unpaired) electrons. The van der Waals surface area contributed by atoms with Gasteiger partial charge in [-0.05, 0) is 48.4 Å². The first-order valence-corrected chi connectivity index (χ1v) is 8.48. The molecule has 1 atom stereocenters. The van der Waals surface area contributed by atoms with Crippen LogP contribution >= 0.6 is 0 Å². The molecule has 0 unspecified atom stereocenters. The van der Waals surface area contributed by atoms with Crippen LogP contribution in [0.1, 0.15) is 34.5 Å². The van der Waals surface area contributed by atoms with Gasteiger partial charge in [-0.1, -0.05) is 48.5 Å². The topological polar surface area (TPSA) is 58.6 Å². The minimum absolute atomic E-state index is 0.208. The lowest BCUT2D eigenvalue weighted by Gasteiger charge is -2.10. The molecule has 0 fully saturated rings. The summed E-state index contributed by atoms with van der Waals surface area (Å²) < 4.78 is 5.77. The molecule has 3 aromatic carbocycles. The molecular weight excluding hydrogens is 326 g/mol. The summed E-state index contributed by atoms with van der Waals surface area (Å²) in [7, 11) is 0. The fraction of sp³-hybridized carbons (Fsp3) is 0.136. The van der Waals surface area contributed by atoms with Crippen molar-refractivity contribution >= 4 is 11.6 Å². The minimum Gasteiger partial charge on any atom is -0.489 e. The SMILES string of the molecule is C[C@H](O)c1ccc(NC(=O)c2cccc(OCc3ccccc3)c2)cc1. The van der Waals surface area contributed by atoms with Crippen LogP contribution in [0.4, 0.5) is 5.69 Å². The van der Waals surface area contributed by atoms with Crippen molar-refractivity contribution in [2.45, 2.75) is 19.6 Å². The third-order valence-electron chi connectivity index (χ3n) is 4.00. The van der Waals surface area contributed by atoms with Crippen LogP contribution in [-0.2, 0) is 6.61 Å². The Kier molecular flexibility index (Phi) is 5.66. The molecule has 4 heteroatoms. The highest BCUT2D eigenvalue weighted by Crippen LogP contribution is 2.19. The zero-order valence-electron chi connectivity index (χ0n) is 14.6. The fourth-order valence-electron chi connectivity index (χ4n) is 2.52. The van der Waals surface area contributed by atoms with Gasteiger partial charge < -0.3 is 15.2 Å². The predicted octanol–water partition coefficient (Wildman–Crippen LogP) is 4.57. The van der Waals surface area contributed by atoms with Crippen LogP contribution in [0.15, 0.2) is 78.9 Å². The molecule has 132 valence electrons. The molecule has 26 heavy (non-hydrogen) atoms. The highest BCUT2D eigenvalue weighted by molar-refractivity contribution is 6.04. The van der Waals surface area contributed by atoms with E-state index in [9.17, 15) is 9.90 Å². The van der Waals surface area contributed by atoms with E-state index in [1.165, 1.54) is 0 Å². The highest BCUT2D eigenvalue weighted by atomic mass is 16.5.